The summed E-state index contributed by atoms with van der Waals surface area (Å²) in [6, 6.07) is 31.1. The first-order chi connectivity index (χ1) is 19.2. The van der Waals surface area contributed by atoms with E-state index in [1.807, 2.05) is 97.1 Å². The molecule has 0 aliphatic rings. The lowest BCUT2D eigenvalue weighted by molar-refractivity contribution is 0.387. The molecule has 0 fully saturated rings. The Kier molecular flexibility index (Phi) is 6.57. The number of nitrogens with zero attached hydrogens (tertiary/aromatic N) is 4. The van der Waals surface area contributed by atoms with Crippen molar-refractivity contribution in [2.24, 2.45) is 0 Å². The molecule has 0 unspecified atom stereocenters. The van der Waals surface area contributed by atoms with E-state index in [1.54, 1.807) is 24.9 Å². The van der Waals surface area contributed by atoms with Gasteiger partial charge in [0.05, 0.1) is 25.3 Å². The van der Waals surface area contributed by atoms with E-state index in [9.17, 15) is 0 Å². The molecule has 7 nitrogen and oxygen atoms in total. The Labute approximate surface area is 230 Å². The average molecular weight is 534 g/mol. The summed E-state index contributed by atoms with van der Waals surface area (Å²) >= 11 is 6.44. The van der Waals surface area contributed by atoms with Crippen molar-refractivity contribution in [1.82, 2.24) is 19.6 Å². The van der Waals surface area contributed by atoms with Crippen molar-refractivity contribution in [2.45, 2.75) is 0 Å². The predicted molar refractivity (Wildman–Crippen MR) is 155 cm³/mol. The van der Waals surface area contributed by atoms with Gasteiger partial charge in [-0.3, -0.25) is 0 Å². The zero-order valence-corrected chi connectivity index (χ0v) is 22.1. The molecule has 0 aliphatic carbocycles. The minimum atomic E-state index is 0.522. The van der Waals surface area contributed by atoms with Crippen LogP contribution in [0.4, 0.5) is 11.6 Å². The van der Waals surface area contributed by atoms with Gasteiger partial charge in [0.15, 0.2) is 5.65 Å². The summed E-state index contributed by atoms with van der Waals surface area (Å²) in [5.41, 5.74) is 5.67. The summed E-state index contributed by atoms with van der Waals surface area (Å²) in [4.78, 5) is 9.61. The van der Waals surface area contributed by atoms with Crippen LogP contribution in [0, 0.1) is 0 Å². The van der Waals surface area contributed by atoms with Crippen molar-refractivity contribution in [3.63, 3.8) is 0 Å². The number of hydrogen-bond donors (Lipinski definition) is 1. The molecule has 0 saturated carbocycles. The van der Waals surface area contributed by atoms with Crippen molar-refractivity contribution in [2.75, 3.05) is 19.5 Å². The average Bonchev–Trinajstić information content (AvgIpc) is 3.37. The zero-order chi connectivity index (χ0) is 26.8. The SMILES string of the molecule is COc1ccc(-c2c(Nc3ccccn3)nc3c(-c4cccc(Cl)c4)c(-c4ccccc4)nn3c2OC)cc1. The van der Waals surface area contributed by atoms with Gasteiger partial charge in [-0.15, -0.1) is 0 Å². The summed E-state index contributed by atoms with van der Waals surface area (Å²) < 4.78 is 13.2. The molecular weight excluding hydrogens is 510 g/mol. The molecule has 1 N–H and O–H groups in total. The second kappa shape index (κ2) is 10.5. The second-order valence-electron chi connectivity index (χ2n) is 8.75. The Balaban J connectivity index is 1.70. The minimum Gasteiger partial charge on any atom is -0.497 e. The van der Waals surface area contributed by atoms with E-state index in [4.69, 9.17) is 31.2 Å². The molecule has 0 radical (unpaired) electrons. The van der Waals surface area contributed by atoms with Crippen LogP contribution in [0.1, 0.15) is 0 Å². The first-order valence-electron chi connectivity index (χ1n) is 12.3. The maximum absolute atomic E-state index is 6.44. The Bertz CT molecular complexity index is 1750. The predicted octanol–water partition coefficient (Wildman–Crippen LogP) is 7.54. The quantitative estimate of drug-likeness (QED) is 0.228. The van der Waals surface area contributed by atoms with Gasteiger partial charge in [0, 0.05) is 16.8 Å². The molecule has 0 saturated heterocycles. The fraction of sp³-hybridized carbons (Fsp3) is 0.0645. The molecule has 3 aromatic carbocycles. The number of pyridine rings is 1. The molecule has 0 aliphatic heterocycles. The molecule has 0 amide bonds. The number of hydrogen-bond acceptors (Lipinski definition) is 6. The van der Waals surface area contributed by atoms with Crippen LogP contribution in [-0.4, -0.2) is 33.8 Å². The summed E-state index contributed by atoms with van der Waals surface area (Å²) in [6.45, 7) is 0. The Hall–Kier alpha value is -4.88. The second-order valence-corrected chi connectivity index (χ2v) is 9.18. The zero-order valence-electron chi connectivity index (χ0n) is 21.3. The molecule has 0 spiro atoms. The number of nitrogens with one attached hydrogen (secondary N) is 1. The highest BCUT2D eigenvalue weighted by atomic mass is 35.5. The van der Waals surface area contributed by atoms with Gasteiger partial charge in [0.25, 0.3) is 0 Å². The van der Waals surface area contributed by atoms with Crippen LogP contribution in [0.2, 0.25) is 5.02 Å². The van der Waals surface area contributed by atoms with Crippen LogP contribution in [0.3, 0.4) is 0 Å². The number of ether oxygens (including phenoxy) is 2. The van der Waals surface area contributed by atoms with Gasteiger partial charge in [-0.05, 0) is 47.5 Å². The van der Waals surface area contributed by atoms with Crippen LogP contribution in [-0.2, 0) is 0 Å². The summed E-state index contributed by atoms with van der Waals surface area (Å²) in [5.74, 6) is 2.50. The molecule has 0 bridgehead atoms. The van der Waals surface area contributed by atoms with Crippen molar-refractivity contribution in [1.29, 1.82) is 0 Å². The normalized spacial score (nSPS) is 10.9. The number of rotatable bonds is 7. The highest BCUT2D eigenvalue weighted by molar-refractivity contribution is 6.31. The molecular formula is C31H24ClN5O2. The third kappa shape index (κ3) is 4.64. The first-order valence-corrected chi connectivity index (χ1v) is 12.7. The number of benzene rings is 3. The molecule has 39 heavy (non-hydrogen) atoms. The van der Waals surface area contributed by atoms with Crippen molar-refractivity contribution in [3.05, 3.63) is 108 Å². The van der Waals surface area contributed by atoms with Gasteiger partial charge >= 0.3 is 0 Å². The topological polar surface area (TPSA) is 73.6 Å². The highest BCUT2D eigenvalue weighted by Gasteiger charge is 2.25. The fourth-order valence-electron chi connectivity index (χ4n) is 4.59. The lowest BCUT2D eigenvalue weighted by Gasteiger charge is -2.16. The first kappa shape index (κ1) is 24.5. The minimum absolute atomic E-state index is 0.522. The van der Waals surface area contributed by atoms with Gasteiger partial charge in [-0.25, -0.2) is 9.97 Å². The fourth-order valence-corrected chi connectivity index (χ4v) is 4.78. The van der Waals surface area contributed by atoms with Crippen LogP contribution >= 0.6 is 11.6 Å². The molecule has 3 aromatic heterocycles. The smallest absolute Gasteiger partial charge is 0.228 e. The molecule has 6 rings (SSSR count). The lowest BCUT2D eigenvalue weighted by atomic mass is 10.0. The van der Waals surface area contributed by atoms with Gasteiger partial charge < -0.3 is 14.8 Å². The maximum Gasteiger partial charge on any atom is 0.228 e. The molecule has 0 atom stereocenters. The Morgan fingerprint density at radius 3 is 2.21 bits per heavy atom. The number of fused-ring (bicyclic) bond motifs is 1. The Morgan fingerprint density at radius 1 is 0.744 bits per heavy atom. The standard InChI is InChI=1S/C31H24ClN5O2/c1-38-24-16-14-20(15-17-24)27-29(34-25-13-6-7-18-33-25)35-30-26(22-11-8-12-23(32)19-22)28(21-9-4-3-5-10-21)36-37(30)31(27)39-2/h3-19H,1-2H3,(H,33,34,35). The number of anilines is 2. The van der Waals surface area contributed by atoms with Gasteiger partial charge in [-0.1, -0.05) is 72.3 Å². The van der Waals surface area contributed by atoms with Crippen molar-refractivity contribution in [3.8, 4) is 45.1 Å². The van der Waals surface area contributed by atoms with E-state index in [0.29, 0.717) is 28.2 Å². The van der Waals surface area contributed by atoms with Gasteiger partial charge in [-0.2, -0.15) is 9.61 Å². The molecule has 192 valence electrons. The van der Waals surface area contributed by atoms with Crippen molar-refractivity contribution < 1.29 is 9.47 Å². The number of halogens is 1. The third-order valence-corrected chi connectivity index (χ3v) is 6.60. The largest absolute Gasteiger partial charge is 0.497 e. The van der Waals surface area contributed by atoms with Crippen LogP contribution in [0.15, 0.2) is 103 Å². The van der Waals surface area contributed by atoms with E-state index in [0.717, 1.165) is 39.3 Å². The van der Waals surface area contributed by atoms with E-state index < -0.39 is 0 Å². The summed E-state index contributed by atoms with van der Waals surface area (Å²) in [7, 11) is 3.28. The molecule has 3 heterocycles. The van der Waals surface area contributed by atoms with Crippen LogP contribution in [0.25, 0.3) is 39.2 Å². The third-order valence-electron chi connectivity index (χ3n) is 6.37. The van der Waals surface area contributed by atoms with Crippen LogP contribution < -0.4 is 14.8 Å². The molecule has 6 aromatic rings. The van der Waals surface area contributed by atoms with Gasteiger partial charge in [0.1, 0.15) is 23.1 Å². The summed E-state index contributed by atoms with van der Waals surface area (Å²) in [5, 5.41) is 9.08. The van der Waals surface area contributed by atoms with Crippen molar-refractivity contribution >= 4 is 28.9 Å². The number of aromatic nitrogens is 4. The van der Waals surface area contributed by atoms with Gasteiger partial charge in [0.2, 0.25) is 5.88 Å². The highest BCUT2D eigenvalue weighted by Crippen LogP contribution is 2.43. The maximum atomic E-state index is 6.44. The molecule has 8 heteroatoms. The van der Waals surface area contributed by atoms with Crippen LogP contribution in [0.5, 0.6) is 11.6 Å². The van der Waals surface area contributed by atoms with E-state index >= 15 is 0 Å². The van der Waals surface area contributed by atoms with E-state index in [1.165, 1.54) is 0 Å². The summed E-state index contributed by atoms with van der Waals surface area (Å²) in [6.07, 6.45) is 1.73. The monoisotopic (exact) mass is 533 g/mol. The number of methoxy groups -OCH3 is 2. The Morgan fingerprint density at radius 2 is 1.51 bits per heavy atom. The van der Waals surface area contributed by atoms with E-state index in [-0.39, 0.29) is 0 Å². The lowest BCUT2D eigenvalue weighted by Crippen LogP contribution is -2.06. The van der Waals surface area contributed by atoms with E-state index in [2.05, 4.69) is 10.3 Å².